The molecule has 4 rings (SSSR count). The predicted molar refractivity (Wildman–Crippen MR) is 132 cm³/mol. The first kappa shape index (κ1) is 24.0. The molecule has 2 aromatic rings. The van der Waals surface area contributed by atoms with E-state index in [9.17, 15) is 9.59 Å². The smallest absolute Gasteiger partial charge is 0.302 e. The van der Waals surface area contributed by atoms with Gasteiger partial charge < -0.3 is 14.8 Å². The number of carbonyl (C=O) groups excluding carboxylic acids is 2. The third kappa shape index (κ3) is 5.02. The van der Waals surface area contributed by atoms with Gasteiger partial charge in [-0.25, -0.2) is 0 Å². The Kier molecular flexibility index (Phi) is 7.37. The summed E-state index contributed by atoms with van der Waals surface area (Å²) in [4.78, 5) is 27.5. The number of amides is 1. The third-order valence-corrected chi connectivity index (χ3v) is 7.34. The molecule has 0 radical (unpaired) electrons. The number of likely N-dealkylation sites (tertiary alicyclic amines) is 1. The summed E-state index contributed by atoms with van der Waals surface area (Å²) in [5.41, 5.74) is 1.55. The standard InChI is InChI=1S/C28H34N2O4/c1-4-14-30-15-13-28(22-11-8-12-24(16-22)33-3)18-23(17-26(25(28)19-30)34-20(2)31)29-27(32)21-9-6-5-7-10-21/h4-12,16,23,25-26H,1,13-15,17-19H2,2-3H3,(H,29,32). The minimum Gasteiger partial charge on any atom is -0.497 e. The quantitative estimate of drug-likeness (QED) is 0.498. The van der Waals surface area contributed by atoms with Crippen LogP contribution < -0.4 is 10.1 Å². The molecule has 1 amide bonds. The van der Waals surface area contributed by atoms with Crippen molar-refractivity contribution in [2.24, 2.45) is 5.92 Å². The van der Waals surface area contributed by atoms with E-state index in [4.69, 9.17) is 9.47 Å². The monoisotopic (exact) mass is 462 g/mol. The molecule has 2 aromatic carbocycles. The number of carbonyl (C=O) groups is 2. The zero-order chi connectivity index (χ0) is 24.1. The first-order valence-electron chi connectivity index (χ1n) is 12.0. The Morgan fingerprint density at radius 1 is 1.21 bits per heavy atom. The van der Waals surface area contributed by atoms with E-state index >= 15 is 0 Å². The molecule has 1 saturated heterocycles. The number of hydrogen-bond acceptors (Lipinski definition) is 5. The molecule has 0 spiro atoms. The highest BCUT2D eigenvalue weighted by atomic mass is 16.5. The number of hydrogen-bond donors (Lipinski definition) is 1. The third-order valence-electron chi connectivity index (χ3n) is 7.34. The fourth-order valence-corrected chi connectivity index (χ4v) is 5.85. The second-order valence-corrected chi connectivity index (χ2v) is 9.42. The first-order chi connectivity index (χ1) is 16.4. The zero-order valence-electron chi connectivity index (χ0n) is 20.0. The molecule has 4 unspecified atom stereocenters. The molecule has 0 aromatic heterocycles. The first-order valence-corrected chi connectivity index (χ1v) is 12.0. The Hall–Kier alpha value is -3.12. The second-order valence-electron chi connectivity index (χ2n) is 9.42. The van der Waals surface area contributed by atoms with Crippen molar-refractivity contribution in [3.63, 3.8) is 0 Å². The Bertz CT molecular complexity index is 1020. The molecule has 34 heavy (non-hydrogen) atoms. The molecule has 1 N–H and O–H groups in total. The van der Waals surface area contributed by atoms with Crippen LogP contribution >= 0.6 is 0 Å². The average molecular weight is 463 g/mol. The maximum Gasteiger partial charge on any atom is 0.302 e. The van der Waals surface area contributed by atoms with E-state index in [2.05, 4.69) is 28.9 Å². The summed E-state index contributed by atoms with van der Waals surface area (Å²) >= 11 is 0. The van der Waals surface area contributed by atoms with Gasteiger partial charge in [-0.05, 0) is 49.2 Å². The highest BCUT2D eigenvalue weighted by Gasteiger charge is 2.53. The van der Waals surface area contributed by atoms with Crippen LogP contribution in [0, 0.1) is 5.92 Å². The van der Waals surface area contributed by atoms with E-state index in [1.165, 1.54) is 12.5 Å². The van der Waals surface area contributed by atoms with Gasteiger partial charge in [0.2, 0.25) is 0 Å². The number of methoxy groups -OCH3 is 1. The van der Waals surface area contributed by atoms with Gasteiger partial charge in [0.25, 0.3) is 5.91 Å². The number of ether oxygens (including phenoxy) is 2. The van der Waals surface area contributed by atoms with Crippen LogP contribution in [0.3, 0.4) is 0 Å². The molecule has 0 bridgehead atoms. The van der Waals surface area contributed by atoms with Gasteiger partial charge in [0, 0.05) is 49.4 Å². The molecule has 1 heterocycles. The van der Waals surface area contributed by atoms with E-state index in [0.29, 0.717) is 12.0 Å². The molecule has 2 aliphatic rings. The van der Waals surface area contributed by atoms with Crippen LogP contribution in [0.5, 0.6) is 5.75 Å². The summed E-state index contributed by atoms with van der Waals surface area (Å²) < 4.78 is 11.5. The molecule has 6 heteroatoms. The maximum atomic E-state index is 13.0. The van der Waals surface area contributed by atoms with E-state index < -0.39 is 0 Å². The summed E-state index contributed by atoms with van der Waals surface area (Å²) in [6.07, 6.45) is 3.89. The molecule has 1 aliphatic carbocycles. The molecule has 180 valence electrons. The Balaban J connectivity index is 1.71. The lowest BCUT2D eigenvalue weighted by Crippen LogP contribution is -2.61. The lowest BCUT2D eigenvalue weighted by atomic mass is 9.57. The van der Waals surface area contributed by atoms with Crippen LogP contribution in [-0.4, -0.2) is 55.7 Å². The fourth-order valence-electron chi connectivity index (χ4n) is 5.85. The SMILES string of the molecule is C=CCN1CCC2(c3cccc(OC)c3)CC(NC(=O)c3ccccc3)CC(OC(C)=O)C2C1. The summed E-state index contributed by atoms with van der Waals surface area (Å²) in [6, 6.07) is 17.3. The van der Waals surface area contributed by atoms with Gasteiger partial charge in [-0.15, -0.1) is 6.58 Å². The van der Waals surface area contributed by atoms with Crippen LogP contribution in [0.15, 0.2) is 67.3 Å². The van der Waals surface area contributed by atoms with Gasteiger partial charge in [-0.2, -0.15) is 0 Å². The van der Waals surface area contributed by atoms with Crippen LogP contribution in [0.1, 0.15) is 42.1 Å². The summed E-state index contributed by atoms with van der Waals surface area (Å²) in [5.74, 6) is 0.511. The van der Waals surface area contributed by atoms with E-state index in [1.807, 2.05) is 48.5 Å². The maximum absolute atomic E-state index is 13.0. The Morgan fingerprint density at radius 2 is 2.00 bits per heavy atom. The minimum absolute atomic E-state index is 0.0992. The van der Waals surface area contributed by atoms with Gasteiger partial charge in [0.1, 0.15) is 11.9 Å². The molecule has 6 nitrogen and oxygen atoms in total. The van der Waals surface area contributed by atoms with Crippen molar-refractivity contribution >= 4 is 11.9 Å². The van der Waals surface area contributed by atoms with Gasteiger partial charge >= 0.3 is 5.97 Å². The number of nitrogens with zero attached hydrogens (tertiary/aromatic N) is 1. The molecule has 1 aliphatic heterocycles. The number of benzene rings is 2. The van der Waals surface area contributed by atoms with Crippen molar-refractivity contribution in [2.45, 2.75) is 43.7 Å². The lowest BCUT2D eigenvalue weighted by Gasteiger charge is -2.55. The largest absolute Gasteiger partial charge is 0.497 e. The van der Waals surface area contributed by atoms with Gasteiger partial charge in [0.15, 0.2) is 0 Å². The van der Waals surface area contributed by atoms with Crippen LogP contribution in [0.25, 0.3) is 0 Å². The molecule has 1 saturated carbocycles. The normalized spacial score (nSPS) is 26.7. The van der Waals surface area contributed by atoms with Crippen molar-refractivity contribution in [3.8, 4) is 5.75 Å². The molecule has 2 fully saturated rings. The lowest BCUT2D eigenvalue weighted by molar-refractivity contribution is -0.157. The van der Waals surface area contributed by atoms with Gasteiger partial charge in [0.05, 0.1) is 7.11 Å². The highest BCUT2D eigenvalue weighted by Crippen LogP contribution is 2.50. The van der Waals surface area contributed by atoms with Crippen LogP contribution in [-0.2, 0) is 14.9 Å². The number of rotatable bonds is 7. The molecule has 4 atom stereocenters. The van der Waals surface area contributed by atoms with Crippen LogP contribution in [0.2, 0.25) is 0 Å². The highest BCUT2D eigenvalue weighted by molar-refractivity contribution is 5.94. The fraction of sp³-hybridized carbons (Fsp3) is 0.429. The summed E-state index contributed by atoms with van der Waals surface area (Å²) in [5, 5.41) is 3.24. The molecular weight excluding hydrogens is 428 g/mol. The second kappa shape index (κ2) is 10.4. The summed E-state index contributed by atoms with van der Waals surface area (Å²) in [7, 11) is 1.67. The minimum atomic E-state index is -0.300. The van der Waals surface area contributed by atoms with E-state index in [1.54, 1.807) is 7.11 Å². The van der Waals surface area contributed by atoms with E-state index in [-0.39, 0.29) is 35.4 Å². The van der Waals surface area contributed by atoms with Gasteiger partial charge in [-0.1, -0.05) is 36.4 Å². The van der Waals surface area contributed by atoms with Crippen molar-refractivity contribution in [1.29, 1.82) is 0 Å². The number of piperidine rings is 1. The predicted octanol–water partition coefficient (Wildman–Crippen LogP) is 3.97. The van der Waals surface area contributed by atoms with Gasteiger partial charge in [-0.3, -0.25) is 14.5 Å². The van der Waals surface area contributed by atoms with Crippen molar-refractivity contribution < 1.29 is 19.1 Å². The number of esters is 1. The molecular formula is C28H34N2O4. The average Bonchev–Trinajstić information content (AvgIpc) is 2.85. The van der Waals surface area contributed by atoms with Crippen molar-refractivity contribution in [2.75, 3.05) is 26.7 Å². The van der Waals surface area contributed by atoms with E-state index in [0.717, 1.165) is 38.2 Å². The van der Waals surface area contributed by atoms with Crippen LogP contribution in [0.4, 0.5) is 0 Å². The number of fused-ring (bicyclic) bond motifs is 1. The number of nitrogens with one attached hydrogen (secondary N) is 1. The van der Waals surface area contributed by atoms with Crippen molar-refractivity contribution in [1.82, 2.24) is 10.2 Å². The zero-order valence-corrected chi connectivity index (χ0v) is 20.0. The summed E-state index contributed by atoms with van der Waals surface area (Å²) in [6.45, 7) is 7.88. The topological polar surface area (TPSA) is 67.9 Å². The Labute approximate surface area is 201 Å². The Morgan fingerprint density at radius 3 is 2.71 bits per heavy atom. The van der Waals surface area contributed by atoms with Crippen molar-refractivity contribution in [3.05, 3.63) is 78.4 Å².